The topological polar surface area (TPSA) is 30.5 Å². The van der Waals surface area contributed by atoms with E-state index in [0.29, 0.717) is 6.61 Å². The maximum Gasteiger partial charge on any atom is 0.0950 e. The van der Waals surface area contributed by atoms with Crippen LogP contribution in [0.25, 0.3) is 0 Å². The van der Waals surface area contributed by atoms with Gasteiger partial charge in [0.1, 0.15) is 0 Å². The van der Waals surface area contributed by atoms with Crippen LogP contribution in [-0.4, -0.2) is 32.4 Å². The lowest BCUT2D eigenvalue weighted by atomic mass is 10.1. The maximum atomic E-state index is 6.03. The largest absolute Gasteiger partial charge is 0.376 e. The molecular formula is C15H23NO2. The van der Waals surface area contributed by atoms with Gasteiger partial charge in [0.15, 0.2) is 0 Å². The van der Waals surface area contributed by atoms with E-state index in [0.717, 1.165) is 32.5 Å². The van der Waals surface area contributed by atoms with Crippen LogP contribution in [0.1, 0.15) is 31.4 Å². The molecule has 1 fully saturated rings. The fraction of sp³-hybridized carbons (Fsp3) is 0.600. The number of hydrogen-bond acceptors (Lipinski definition) is 3. The second kappa shape index (κ2) is 7.52. The maximum absolute atomic E-state index is 6.03. The first-order valence-corrected chi connectivity index (χ1v) is 6.89. The molecule has 0 radical (unpaired) electrons. The van der Waals surface area contributed by atoms with Gasteiger partial charge in [0.2, 0.25) is 0 Å². The highest BCUT2D eigenvalue weighted by Gasteiger charge is 2.18. The lowest BCUT2D eigenvalue weighted by Gasteiger charge is -2.20. The minimum Gasteiger partial charge on any atom is -0.376 e. The first-order valence-electron chi connectivity index (χ1n) is 6.89. The van der Waals surface area contributed by atoms with Crippen LogP contribution in [0.3, 0.4) is 0 Å². The van der Waals surface area contributed by atoms with Crippen LogP contribution in [-0.2, 0) is 9.47 Å². The zero-order valence-electron chi connectivity index (χ0n) is 11.1. The van der Waals surface area contributed by atoms with Gasteiger partial charge in [0, 0.05) is 13.2 Å². The Morgan fingerprint density at radius 1 is 1.39 bits per heavy atom. The Bertz CT molecular complexity index is 323. The molecule has 100 valence electrons. The average Bonchev–Trinajstić information content (AvgIpc) is 2.93. The van der Waals surface area contributed by atoms with Crippen molar-refractivity contribution < 1.29 is 9.47 Å². The minimum absolute atomic E-state index is 0.121. The number of likely N-dealkylation sites (N-methyl/N-ethyl adjacent to an activating group) is 1. The number of hydrogen-bond donors (Lipinski definition) is 1. The van der Waals surface area contributed by atoms with E-state index in [-0.39, 0.29) is 12.2 Å². The van der Waals surface area contributed by atoms with Crippen molar-refractivity contribution in [2.24, 2.45) is 0 Å². The third-order valence-electron chi connectivity index (χ3n) is 3.26. The zero-order valence-corrected chi connectivity index (χ0v) is 11.1. The van der Waals surface area contributed by atoms with Gasteiger partial charge in [0.25, 0.3) is 0 Å². The Morgan fingerprint density at radius 2 is 2.22 bits per heavy atom. The summed E-state index contributed by atoms with van der Waals surface area (Å²) in [7, 11) is 0. The van der Waals surface area contributed by atoms with Crippen LogP contribution < -0.4 is 5.32 Å². The van der Waals surface area contributed by atoms with Crippen molar-refractivity contribution in [3.8, 4) is 0 Å². The van der Waals surface area contributed by atoms with E-state index >= 15 is 0 Å². The number of rotatable bonds is 7. The normalized spacial score (nSPS) is 21.1. The zero-order chi connectivity index (χ0) is 12.6. The molecule has 0 aromatic heterocycles. The van der Waals surface area contributed by atoms with Gasteiger partial charge < -0.3 is 14.8 Å². The molecule has 0 amide bonds. The standard InChI is InChI=1S/C15H23NO2/c1-2-16-11-15(13-7-4-3-5-8-13)18-12-14-9-6-10-17-14/h3-5,7-8,14-16H,2,6,9-12H2,1H3. The molecule has 1 aliphatic heterocycles. The summed E-state index contributed by atoms with van der Waals surface area (Å²) >= 11 is 0. The highest BCUT2D eigenvalue weighted by molar-refractivity contribution is 5.17. The van der Waals surface area contributed by atoms with Gasteiger partial charge in [-0.3, -0.25) is 0 Å². The van der Waals surface area contributed by atoms with Gasteiger partial charge in [-0.05, 0) is 24.9 Å². The molecule has 1 aromatic carbocycles. The molecule has 2 atom stereocenters. The summed E-state index contributed by atoms with van der Waals surface area (Å²) in [4.78, 5) is 0. The van der Waals surface area contributed by atoms with Gasteiger partial charge in [-0.15, -0.1) is 0 Å². The third kappa shape index (κ3) is 4.09. The average molecular weight is 249 g/mol. The van der Waals surface area contributed by atoms with Gasteiger partial charge in [0.05, 0.1) is 18.8 Å². The fourth-order valence-electron chi connectivity index (χ4n) is 2.22. The Morgan fingerprint density at radius 3 is 2.89 bits per heavy atom. The summed E-state index contributed by atoms with van der Waals surface area (Å²) in [6, 6.07) is 10.4. The highest BCUT2D eigenvalue weighted by Crippen LogP contribution is 2.19. The van der Waals surface area contributed by atoms with Crippen molar-refractivity contribution in [1.29, 1.82) is 0 Å². The summed E-state index contributed by atoms with van der Waals surface area (Å²) < 4.78 is 11.6. The predicted molar refractivity (Wildman–Crippen MR) is 72.7 cm³/mol. The van der Waals surface area contributed by atoms with Crippen molar-refractivity contribution >= 4 is 0 Å². The molecule has 2 unspecified atom stereocenters. The van der Waals surface area contributed by atoms with Crippen molar-refractivity contribution in [1.82, 2.24) is 5.32 Å². The van der Waals surface area contributed by atoms with Crippen LogP contribution >= 0.6 is 0 Å². The molecule has 3 nitrogen and oxygen atoms in total. The highest BCUT2D eigenvalue weighted by atomic mass is 16.5. The number of benzene rings is 1. The van der Waals surface area contributed by atoms with E-state index in [1.807, 2.05) is 6.07 Å². The Labute approximate surface area is 109 Å². The lowest BCUT2D eigenvalue weighted by Crippen LogP contribution is -2.26. The van der Waals surface area contributed by atoms with Crippen LogP contribution in [0.4, 0.5) is 0 Å². The van der Waals surface area contributed by atoms with Crippen molar-refractivity contribution in [2.75, 3.05) is 26.3 Å². The lowest BCUT2D eigenvalue weighted by molar-refractivity contribution is -0.0208. The SMILES string of the molecule is CCNCC(OCC1CCCO1)c1ccccc1. The Balaban J connectivity index is 1.87. The van der Waals surface area contributed by atoms with Gasteiger partial charge in [-0.2, -0.15) is 0 Å². The summed E-state index contributed by atoms with van der Waals surface area (Å²) in [6.07, 6.45) is 2.70. The number of nitrogens with one attached hydrogen (secondary N) is 1. The molecule has 1 aliphatic rings. The van der Waals surface area contributed by atoms with E-state index < -0.39 is 0 Å². The summed E-state index contributed by atoms with van der Waals surface area (Å²) in [5, 5.41) is 3.36. The second-order valence-corrected chi connectivity index (χ2v) is 4.68. The van der Waals surface area contributed by atoms with Crippen LogP contribution in [0.2, 0.25) is 0 Å². The van der Waals surface area contributed by atoms with Crippen molar-refractivity contribution in [3.05, 3.63) is 35.9 Å². The first-order chi connectivity index (χ1) is 8.90. The van der Waals surface area contributed by atoms with Gasteiger partial charge in [-0.1, -0.05) is 37.3 Å². The molecule has 0 spiro atoms. The third-order valence-corrected chi connectivity index (χ3v) is 3.26. The van der Waals surface area contributed by atoms with Gasteiger partial charge in [-0.25, -0.2) is 0 Å². The molecule has 2 rings (SSSR count). The Hall–Kier alpha value is -0.900. The smallest absolute Gasteiger partial charge is 0.0950 e. The second-order valence-electron chi connectivity index (χ2n) is 4.68. The molecule has 1 N–H and O–H groups in total. The monoisotopic (exact) mass is 249 g/mol. The number of ether oxygens (including phenoxy) is 2. The van der Waals surface area contributed by atoms with E-state index in [2.05, 4.69) is 36.5 Å². The molecule has 1 aromatic rings. The summed E-state index contributed by atoms with van der Waals surface area (Å²) in [5.41, 5.74) is 1.23. The molecule has 1 heterocycles. The summed E-state index contributed by atoms with van der Waals surface area (Å²) in [5.74, 6) is 0. The van der Waals surface area contributed by atoms with Gasteiger partial charge >= 0.3 is 0 Å². The van der Waals surface area contributed by atoms with Crippen molar-refractivity contribution in [2.45, 2.75) is 32.0 Å². The molecule has 3 heteroatoms. The minimum atomic E-state index is 0.121. The van der Waals surface area contributed by atoms with E-state index in [1.165, 1.54) is 5.56 Å². The van der Waals surface area contributed by atoms with E-state index in [4.69, 9.17) is 9.47 Å². The molecule has 0 saturated carbocycles. The van der Waals surface area contributed by atoms with Crippen molar-refractivity contribution in [3.63, 3.8) is 0 Å². The van der Waals surface area contributed by atoms with Crippen LogP contribution in [0.5, 0.6) is 0 Å². The molecule has 0 bridgehead atoms. The molecule has 0 aliphatic carbocycles. The molecular weight excluding hydrogens is 226 g/mol. The molecule has 1 saturated heterocycles. The predicted octanol–water partition coefficient (Wildman–Crippen LogP) is 2.53. The quantitative estimate of drug-likeness (QED) is 0.805. The van der Waals surface area contributed by atoms with E-state index in [1.54, 1.807) is 0 Å². The van der Waals surface area contributed by atoms with Crippen LogP contribution in [0.15, 0.2) is 30.3 Å². The Kier molecular flexibility index (Phi) is 5.65. The summed E-state index contributed by atoms with van der Waals surface area (Å²) in [6.45, 7) is 5.52. The van der Waals surface area contributed by atoms with E-state index in [9.17, 15) is 0 Å². The molecule has 18 heavy (non-hydrogen) atoms. The van der Waals surface area contributed by atoms with Crippen LogP contribution in [0, 0.1) is 0 Å². The first kappa shape index (κ1) is 13.5. The fourth-order valence-corrected chi connectivity index (χ4v) is 2.22.